The quantitative estimate of drug-likeness (QED) is 0.639. The molecule has 1 aromatic carbocycles. The third-order valence-corrected chi connectivity index (χ3v) is 4.80. The average molecular weight is 285 g/mol. The number of anilines is 1. The van der Waals surface area contributed by atoms with Crippen molar-refractivity contribution in [3.63, 3.8) is 0 Å². The Morgan fingerprint density at radius 2 is 2.05 bits per heavy atom. The lowest BCUT2D eigenvalue weighted by Crippen LogP contribution is -2.36. The van der Waals surface area contributed by atoms with Crippen LogP contribution in [-0.4, -0.2) is 23.8 Å². The van der Waals surface area contributed by atoms with Gasteiger partial charge in [0.1, 0.15) is 0 Å². The van der Waals surface area contributed by atoms with Crippen LogP contribution in [0.25, 0.3) is 0 Å². The fourth-order valence-electron chi connectivity index (χ4n) is 1.89. The number of amides is 1. The summed E-state index contributed by atoms with van der Waals surface area (Å²) < 4.78 is 22.6. The minimum atomic E-state index is -3.52. The Morgan fingerprint density at radius 3 is 2.68 bits per heavy atom. The molecule has 1 aromatic rings. The van der Waals surface area contributed by atoms with Crippen molar-refractivity contribution in [3.05, 3.63) is 29.8 Å². The fourth-order valence-corrected chi connectivity index (χ4v) is 3.23. The van der Waals surface area contributed by atoms with E-state index in [1.54, 1.807) is 38.1 Å². The maximum Gasteiger partial charge on any atom is 0.333 e. The Hall–Kier alpha value is -1.20. The summed E-state index contributed by atoms with van der Waals surface area (Å²) in [6, 6.07) is 6.54. The Bertz CT molecular complexity index is 547. The molecule has 104 valence electrons. The van der Waals surface area contributed by atoms with Crippen molar-refractivity contribution < 1.29 is 23.5 Å². The number of hydrogen-bond donors (Lipinski definition) is 2. The summed E-state index contributed by atoms with van der Waals surface area (Å²) in [5.41, 5.74) is 0.683. The summed E-state index contributed by atoms with van der Waals surface area (Å²) >= 11 is 0. The largest absolute Gasteiger partial charge is 0.354 e. The molecular weight excluding hydrogens is 269 g/mol. The zero-order valence-electron chi connectivity index (χ0n) is 10.8. The molecule has 1 heterocycles. The highest BCUT2D eigenvalue weighted by molar-refractivity contribution is 7.53. The number of aliphatic hydroxyl groups is 1. The molecule has 2 atom stereocenters. The van der Waals surface area contributed by atoms with Crippen LogP contribution in [0.2, 0.25) is 0 Å². The normalized spacial score (nSPS) is 24.7. The van der Waals surface area contributed by atoms with E-state index in [1.165, 1.54) is 0 Å². The topological polar surface area (TPSA) is 84.9 Å². The van der Waals surface area contributed by atoms with Crippen molar-refractivity contribution in [1.29, 1.82) is 0 Å². The number of carbonyl (C=O) groups excluding carboxylic acids is 1. The lowest BCUT2D eigenvalue weighted by molar-refractivity contribution is -0.172. The second-order valence-corrected chi connectivity index (χ2v) is 6.37. The molecule has 0 radical (unpaired) electrons. The lowest BCUT2D eigenvalue weighted by atomic mass is 10.1. The Balaban J connectivity index is 2.38. The van der Waals surface area contributed by atoms with Crippen LogP contribution in [0, 0.1) is 0 Å². The lowest BCUT2D eigenvalue weighted by Gasteiger charge is -2.26. The van der Waals surface area contributed by atoms with E-state index >= 15 is 0 Å². The van der Waals surface area contributed by atoms with Gasteiger partial charge in [-0.3, -0.25) is 13.9 Å². The monoisotopic (exact) mass is 285 g/mol. The predicted molar refractivity (Wildman–Crippen MR) is 69.8 cm³/mol. The van der Waals surface area contributed by atoms with E-state index in [9.17, 15) is 14.5 Å². The number of hydrogen-bond acceptors (Lipinski definition) is 5. The molecule has 6 nitrogen and oxygen atoms in total. The van der Waals surface area contributed by atoms with Crippen LogP contribution in [-0.2, 0) is 24.2 Å². The number of carbonyl (C=O) groups is 1. The summed E-state index contributed by atoms with van der Waals surface area (Å²) in [5.74, 6) is -3.03. The average Bonchev–Trinajstić information content (AvgIpc) is 2.62. The van der Waals surface area contributed by atoms with Gasteiger partial charge in [0.25, 0.3) is 11.7 Å². The first kappa shape index (κ1) is 14.2. The van der Waals surface area contributed by atoms with Crippen LogP contribution in [0.5, 0.6) is 0 Å². The number of nitrogens with one attached hydrogen (secondary N) is 1. The molecule has 1 aliphatic rings. The fraction of sp³-hybridized carbons (Fsp3) is 0.417. The van der Waals surface area contributed by atoms with Gasteiger partial charge in [-0.05, 0) is 13.0 Å². The molecule has 19 heavy (non-hydrogen) atoms. The number of benzene rings is 1. The van der Waals surface area contributed by atoms with Gasteiger partial charge in [0.2, 0.25) is 0 Å². The molecule has 0 saturated carbocycles. The number of rotatable bonds is 5. The smallest absolute Gasteiger partial charge is 0.333 e. The van der Waals surface area contributed by atoms with Gasteiger partial charge in [0.05, 0.1) is 12.3 Å². The first-order chi connectivity index (χ1) is 8.95. The van der Waals surface area contributed by atoms with E-state index in [4.69, 9.17) is 9.05 Å². The van der Waals surface area contributed by atoms with Crippen molar-refractivity contribution in [1.82, 2.24) is 0 Å². The third-order valence-electron chi connectivity index (χ3n) is 2.83. The molecule has 0 unspecified atom stereocenters. The predicted octanol–water partition coefficient (Wildman–Crippen LogP) is 2.05. The summed E-state index contributed by atoms with van der Waals surface area (Å²) in [4.78, 5) is 11.9. The molecule has 1 amide bonds. The van der Waals surface area contributed by atoms with Gasteiger partial charge in [-0.15, -0.1) is 0 Å². The highest BCUT2D eigenvalue weighted by Gasteiger charge is 2.51. The van der Waals surface area contributed by atoms with E-state index in [2.05, 4.69) is 5.32 Å². The van der Waals surface area contributed by atoms with Crippen LogP contribution in [0.1, 0.15) is 19.4 Å². The minimum absolute atomic E-state index is 0.0681. The Kier molecular flexibility index (Phi) is 3.78. The molecule has 0 bridgehead atoms. The summed E-state index contributed by atoms with van der Waals surface area (Å²) in [5, 5.41) is 12.9. The van der Waals surface area contributed by atoms with Gasteiger partial charge in [-0.2, -0.15) is 0 Å². The van der Waals surface area contributed by atoms with Gasteiger partial charge < -0.3 is 14.9 Å². The van der Waals surface area contributed by atoms with E-state index in [1.807, 2.05) is 0 Å². The second kappa shape index (κ2) is 5.06. The first-order valence-corrected chi connectivity index (χ1v) is 7.75. The van der Waals surface area contributed by atoms with Crippen molar-refractivity contribution in [2.24, 2.45) is 0 Å². The highest BCUT2D eigenvalue weighted by atomic mass is 31.2. The molecule has 0 spiro atoms. The maximum atomic E-state index is 12.3. The second-order valence-electron chi connectivity index (χ2n) is 4.08. The molecule has 2 N–H and O–H groups in total. The Morgan fingerprint density at radius 1 is 1.37 bits per heavy atom. The maximum absolute atomic E-state index is 12.3. The molecule has 1 aliphatic heterocycles. The van der Waals surface area contributed by atoms with Crippen molar-refractivity contribution in [3.8, 4) is 0 Å². The van der Waals surface area contributed by atoms with Crippen molar-refractivity contribution >= 4 is 19.2 Å². The molecular formula is C12H16NO5P. The highest BCUT2D eigenvalue weighted by Crippen LogP contribution is 2.54. The zero-order chi connectivity index (χ0) is 14.1. The summed E-state index contributed by atoms with van der Waals surface area (Å²) in [6.45, 7) is 3.45. The van der Waals surface area contributed by atoms with Gasteiger partial charge in [0, 0.05) is 11.7 Å². The SMILES string of the molecule is CCO[P@](=O)(CC)O[C@@]1(O)C(=O)Nc2ccccc21. The van der Waals surface area contributed by atoms with Gasteiger partial charge >= 0.3 is 7.60 Å². The number of fused-ring (bicyclic) bond motifs is 1. The third kappa shape index (κ3) is 2.44. The molecule has 2 rings (SSSR count). The summed E-state index contributed by atoms with van der Waals surface area (Å²) in [7, 11) is -3.52. The molecule has 0 fully saturated rings. The Labute approximate surface area is 111 Å². The van der Waals surface area contributed by atoms with Crippen LogP contribution >= 0.6 is 7.60 Å². The van der Waals surface area contributed by atoms with Crippen molar-refractivity contribution in [2.75, 3.05) is 18.1 Å². The van der Waals surface area contributed by atoms with E-state index < -0.39 is 19.3 Å². The van der Waals surface area contributed by atoms with Crippen LogP contribution in [0.3, 0.4) is 0 Å². The number of para-hydroxylation sites is 1. The molecule has 0 aliphatic carbocycles. The van der Waals surface area contributed by atoms with Crippen molar-refractivity contribution in [2.45, 2.75) is 19.6 Å². The van der Waals surface area contributed by atoms with Gasteiger partial charge in [-0.1, -0.05) is 25.1 Å². The zero-order valence-corrected chi connectivity index (χ0v) is 11.6. The summed E-state index contributed by atoms with van der Waals surface area (Å²) in [6.07, 6.45) is 0.0681. The van der Waals surface area contributed by atoms with E-state index in [-0.39, 0.29) is 18.3 Å². The molecule has 7 heteroatoms. The van der Waals surface area contributed by atoms with Crippen LogP contribution in [0.15, 0.2) is 24.3 Å². The van der Waals surface area contributed by atoms with E-state index in [0.717, 1.165) is 0 Å². The van der Waals surface area contributed by atoms with Gasteiger partial charge in [0.15, 0.2) is 0 Å². The molecule has 0 saturated heterocycles. The van der Waals surface area contributed by atoms with Gasteiger partial charge in [-0.25, -0.2) is 0 Å². The van der Waals surface area contributed by atoms with E-state index in [0.29, 0.717) is 5.69 Å². The minimum Gasteiger partial charge on any atom is -0.354 e. The van der Waals surface area contributed by atoms with Crippen LogP contribution < -0.4 is 5.32 Å². The molecule has 0 aromatic heterocycles. The van der Waals surface area contributed by atoms with Crippen LogP contribution in [0.4, 0.5) is 5.69 Å². The first-order valence-electron chi connectivity index (χ1n) is 6.03. The standard InChI is InChI=1S/C12H16NO5P/c1-3-17-19(16,4-2)18-12(15)9-7-5-6-8-10(9)13-11(12)14/h5-8,15H,3-4H2,1-2H3,(H,13,14)/t12-,19-/m1/s1.